The van der Waals surface area contributed by atoms with E-state index in [1.807, 2.05) is 12.1 Å². The normalized spacial score (nSPS) is 20.7. The molecule has 0 amide bonds. The predicted molar refractivity (Wildman–Crippen MR) is 86.5 cm³/mol. The third-order valence-electron chi connectivity index (χ3n) is 4.01. The van der Waals surface area contributed by atoms with Crippen LogP contribution >= 0.6 is 15.9 Å². The molecule has 0 saturated heterocycles. The van der Waals surface area contributed by atoms with Crippen LogP contribution in [0.5, 0.6) is 5.75 Å². The molecule has 1 fully saturated rings. The van der Waals surface area contributed by atoms with E-state index in [2.05, 4.69) is 33.4 Å². The van der Waals surface area contributed by atoms with Crippen LogP contribution in [0.1, 0.15) is 24.3 Å². The van der Waals surface area contributed by atoms with Crippen molar-refractivity contribution in [2.75, 3.05) is 12.4 Å². The van der Waals surface area contributed by atoms with E-state index in [1.54, 1.807) is 19.2 Å². The molecule has 0 aromatic heterocycles. The number of nitrogens with one attached hydrogen (secondary N) is 1. The second kappa shape index (κ2) is 6.06. The molecular weight excluding hydrogens is 333 g/mol. The van der Waals surface area contributed by atoms with Crippen molar-refractivity contribution in [3.8, 4) is 5.75 Å². The van der Waals surface area contributed by atoms with Crippen LogP contribution in [0.15, 0.2) is 46.9 Å². The van der Waals surface area contributed by atoms with Gasteiger partial charge in [0.2, 0.25) is 0 Å². The van der Waals surface area contributed by atoms with E-state index in [4.69, 9.17) is 4.74 Å². The number of para-hydroxylation sites is 1. The van der Waals surface area contributed by atoms with Crippen LogP contribution in [0, 0.1) is 5.82 Å². The van der Waals surface area contributed by atoms with Crippen molar-refractivity contribution in [1.82, 2.24) is 0 Å². The van der Waals surface area contributed by atoms with Gasteiger partial charge in [-0.15, -0.1) is 0 Å². The molecule has 0 aliphatic heterocycles. The van der Waals surface area contributed by atoms with Crippen molar-refractivity contribution in [3.63, 3.8) is 0 Å². The third kappa shape index (κ3) is 3.05. The summed E-state index contributed by atoms with van der Waals surface area (Å²) in [5, 5.41) is 3.45. The lowest BCUT2D eigenvalue weighted by Crippen LogP contribution is -2.34. The van der Waals surface area contributed by atoms with E-state index in [0.29, 0.717) is 16.4 Å². The number of methoxy groups -OCH3 is 1. The van der Waals surface area contributed by atoms with Crippen molar-refractivity contribution >= 4 is 21.6 Å². The number of hydrogen-bond acceptors (Lipinski definition) is 2. The Morgan fingerprint density at radius 1 is 1.19 bits per heavy atom. The van der Waals surface area contributed by atoms with Gasteiger partial charge in [-0.25, -0.2) is 4.39 Å². The standard InChI is InChI=1S/C17H17BrFNO/c1-21-17-5-3-2-4-14(17)11-8-13(9-11)20-12-6-7-16(19)15(18)10-12/h2-7,10-11,13,20H,8-9H2,1H3. The highest BCUT2D eigenvalue weighted by Gasteiger charge is 2.31. The molecule has 0 radical (unpaired) electrons. The maximum Gasteiger partial charge on any atom is 0.137 e. The van der Waals surface area contributed by atoms with Gasteiger partial charge in [-0.1, -0.05) is 18.2 Å². The molecule has 2 aromatic rings. The summed E-state index contributed by atoms with van der Waals surface area (Å²) in [5.74, 6) is 1.26. The Balaban J connectivity index is 1.62. The minimum atomic E-state index is -0.235. The van der Waals surface area contributed by atoms with Gasteiger partial charge in [0, 0.05) is 11.7 Å². The van der Waals surface area contributed by atoms with Gasteiger partial charge in [-0.2, -0.15) is 0 Å². The van der Waals surface area contributed by atoms with E-state index in [9.17, 15) is 4.39 Å². The molecule has 1 N–H and O–H groups in total. The fourth-order valence-corrected chi connectivity index (χ4v) is 3.19. The first-order chi connectivity index (χ1) is 10.2. The second-order valence-corrected chi connectivity index (χ2v) is 6.23. The van der Waals surface area contributed by atoms with Crippen molar-refractivity contribution in [1.29, 1.82) is 0 Å². The number of rotatable bonds is 4. The SMILES string of the molecule is COc1ccccc1C1CC(Nc2ccc(F)c(Br)c2)C1. The zero-order valence-corrected chi connectivity index (χ0v) is 13.4. The Labute approximate surface area is 132 Å². The van der Waals surface area contributed by atoms with Crippen LogP contribution < -0.4 is 10.1 Å². The Morgan fingerprint density at radius 3 is 2.67 bits per heavy atom. The first-order valence-corrected chi connectivity index (χ1v) is 7.81. The van der Waals surface area contributed by atoms with Crippen LogP contribution in [0.25, 0.3) is 0 Å². The lowest BCUT2D eigenvalue weighted by Gasteiger charge is -2.37. The molecule has 110 valence electrons. The number of halogens is 2. The number of hydrogen-bond donors (Lipinski definition) is 1. The van der Waals surface area contributed by atoms with Gasteiger partial charge in [0.15, 0.2) is 0 Å². The minimum absolute atomic E-state index is 0.235. The summed E-state index contributed by atoms with van der Waals surface area (Å²) in [6, 6.07) is 13.6. The van der Waals surface area contributed by atoms with E-state index >= 15 is 0 Å². The smallest absolute Gasteiger partial charge is 0.137 e. The predicted octanol–water partition coefficient (Wildman–Crippen LogP) is 4.95. The first-order valence-electron chi connectivity index (χ1n) is 7.02. The van der Waals surface area contributed by atoms with Crippen molar-refractivity contribution < 1.29 is 9.13 Å². The Morgan fingerprint density at radius 2 is 1.95 bits per heavy atom. The topological polar surface area (TPSA) is 21.3 Å². The molecule has 0 spiro atoms. The molecule has 0 bridgehead atoms. The summed E-state index contributed by atoms with van der Waals surface area (Å²) in [6.45, 7) is 0. The molecule has 21 heavy (non-hydrogen) atoms. The fraction of sp³-hybridized carbons (Fsp3) is 0.294. The highest BCUT2D eigenvalue weighted by molar-refractivity contribution is 9.10. The Kier molecular flexibility index (Phi) is 4.15. The molecule has 0 atom stereocenters. The number of ether oxygens (including phenoxy) is 1. The number of anilines is 1. The molecular formula is C17H17BrFNO. The summed E-state index contributed by atoms with van der Waals surface area (Å²) in [4.78, 5) is 0. The van der Waals surface area contributed by atoms with Gasteiger partial charge in [0.25, 0.3) is 0 Å². The van der Waals surface area contributed by atoms with E-state index in [-0.39, 0.29) is 5.82 Å². The largest absolute Gasteiger partial charge is 0.496 e. The van der Waals surface area contributed by atoms with Crippen LogP contribution in [0.3, 0.4) is 0 Å². The average Bonchev–Trinajstić information content (AvgIpc) is 2.46. The molecule has 1 saturated carbocycles. The van der Waals surface area contributed by atoms with Gasteiger partial charge < -0.3 is 10.1 Å². The highest BCUT2D eigenvalue weighted by atomic mass is 79.9. The van der Waals surface area contributed by atoms with E-state index < -0.39 is 0 Å². The van der Waals surface area contributed by atoms with Gasteiger partial charge >= 0.3 is 0 Å². The molecule has 1 aliphatic carbocycles. The Bertz CT molecular complexity index is 640. The first kappa shape index (κ1) is 14.4. The van der Waals surface area contributed by atoms with Crippen molar-refractivity contribution in [3.05, 3.63) is 58.3 Å². The lowest BCUT2D eigenvalue weighted by atomic mass is 9.75. The summed E-state index contributed by atoms with van der Waals surface area (Å²) in [7, 11) is 1.71. The quantitative estimate of drug-likeness (QED) is 0.842. The minimum Gasteiger partial charge on any atom is -0.496 e. The van der Waals surface area contributed by atoms with Crippen molar-refractivity contribution in [2.45, 2.75) is 24.8 Å². The van der Waals surface area contributed by atoms with Crippen LogP contribution in [-0.2, 0) is 0 Å². The summed E-state index contributed by atoms with van der Waals surface area (Å²) in [6.07, 6.45) is 2.13. The molecule has 0 heterocycles. The molecule has 2 aromatic carbocycles. The monoisotopic (exact) mass is 349 g/mol. The number of benzene rings is 2. The molecule has 0 unspecified atom stereocenters. The second-order valence-electron chi connectivity index (χ2n) is 5.38. The highest BCUT2D eigenvalue weighted by Crippen LogP contribution is 2.42. The molecule has 1 aliphatic rings. The maximum absolute atomic E-state index is 13.2. The average molecular weight is 350 g/mol. The third-order valence-corrected chi connectivity index (χ3v) is 4.61. The summed E-state index contributed by atoms with van der Waals surface area (Å²) in [5.41, 5.74) is 2.23. The summed E-state index contributed by atoms with van der Waals surface area (Å²) >= 11 is 3.21. The van der Waals surface area contributed by atoms with Gasteiger partial charge in [0.1, 0.15) is 11.6 Å². The van der Waals surface area contributed by atoms with Gasteiger partial charge in [-0.05, 0) is 64.5 Å². The van der Waals surface area contributed by atoms with E-state index in [1.165, 1.54) is 11.6 Å². The zero-order valence-electron chi connectivity index (χ0n) is 11.8. The van der Waals surface area contributed by atoms with Crippen molar-refractivity contribution in [2.24, 2.45) is 0 Å². The lowest BCUT2D eigenvalue weighted by molar-refractivity contribution is 0.350. The van der Waals surface area contributed by atoms with Crippen LogP contribution in [-0.4, -0.2) is 13.2 Å². The molecule has 3 rings (SSSR count). The zero-order chi connectivity index (χ0) is 14.8. The van der Waals surface area contributed by atoms with E-state index in [0.717, 1.165) is 24.3 Å². The molecule has 4 heteroatoms. The maximum atomic E-state index is 13.2. The van der Waals surface area contributed by atoms with Gasteiger partial charge in [0.05, 0.1) is 11.6 Å². The van der Waals surface area contributed by atoms with Gasteiger partial charge in [-0.3, -0.25) is 0 Å². The fourth-order valence-electron chi connectivity index (χ4n) is 2.81. The summed E-state index contributed by atoms with van der Waals surface area (Å²) < 4.78 is 19.1. The van der Waals surface area contributed by atoms with Crippen LogP contribution in [0.4, 0.5) is 10.1 Å². The molecule has 2 nitrogen and oxygen atoms in total. The van der Waals surface area contributed by atoms with Crippen LogP contribution in [0.2, 0.25) is 0 Å². The Hall–Kier alpha value is -1.55.